The van der Waals surface area contributed by atoms with E-state index in [9.17, 15) is 4.79 Å². The van der Waals surface area contributed by atoms with Gasteiger partial charge in [0.15, 0.2) is 9.04 Å². The number of carbonyl (C=O) groups excluding carboxylic acids is 1. The number of hydrogen-bond acceptors (Lipinski definition) is 3. The highest BCUT2D eigenvalue weighted by molar-refractivity contribution is 6.48. The molecule has 2 N–H and O–H groups in total. The zero-order valence-electron chi connectivity index (χ0n) is 17.1. The van der Waals surface area contributed by atoms with Gasteiger partial charge >= 0.3 is 0 Å². The van der Waals surface area contributed by atoms with E-state index in [1.54, 1.807) is 0 Å². The zero-order valence-corrected chi connectivity index (χ0v) is 18.2. The van der Waals surface area contributed by atoms with Gasteiger partial charge in [-0.15, -0.1) is 0 Å². The molecule has 0 spiro atoms. The molecular weight excluding hydrogens is 352 g/mol. The number of carbonyl (C=O) groups is 1. The minimum absolute atomic E-state index is 0.0937. The molecule has 1 amide bonds. The number of amides is 1. The number of benzene rings is 2. The van der Waals surface area contributed by atoms with Gasteiger partial charge in [0, 0.05) is 24.3 Å². The number of hydrogen-bond donors (Lipinski definition) is 2. The molecule has 0 heterocycles. The van der Waals surface area contributed by atoms with Gasteiger partial charge in [-0.3, -0.25) is 4.79 Å². The highest BCUT2D eigenvalue weighted by Crippen LogP contribution is 2.22. The topological polar surface area (TPSA) is 50.4 Å². The molecule has 0 aliphatic rings. The molecule has 2 aromatic carbocycles. The van der Waals surface area contributed by atoms with Crippen molar-refractivity contribution in [2.45, 2.75) is 46.5 Å². The third kappa shape index (κ3) is 7.29. The monoisotopic (exact) mass is 384 g/mol. The van der Waals surface area contributed by atoms with Crippen molar-refractivity contribution in [3.05, 3.63) is 65.7 Å². The van der Waals surface area contributed by atoms with Gasteiger partial charge in [-0.2, -0.15) is 0 Å². The number of anilines is 1. The largest absolute Gasteiger partial charge is 0.416 e. The maximum atomic E-state index is 12.3. The van der Waals surface area contributed by atoms with Gasteiger partial charge in [0.1, 0.15) is 0 Å². The summed E-state index contributed by atoms with van der Waals surface area (Å²) < 4.78 is 6.18. The third-order valence-electron chi connectivity index (χ3n) is 4.31. The average molecular weight is 385 g/mol. The molecule has 0 radical (unpaired) electrons. The van der Waals surface area contributed by atoms with Crippen molar-refractivity contribution < 1.29 is 9.22 Å². The highest BCUT2D eigenvalue weighted by Gasteiger charge is 2.25. The molecule has 0 aromatic heterocycles. The SMILES string of the molecule is C[SiH](C)OC(CNCc1ccc(C(=O)Nc2ccccc2)cc1)C(C)(C)C. The van der Waals surface area contributed by atoms with E-state index < -0.39 is 9.04 Å². The Hall–Kier alpha value is -1.95. The highest BCUT2D eigenvalue weighted by atomic mass is 28.3. The predicted octanol–water partition coefficient (Wildman–Crippen LogP) is 4.44. The fraction of sp³-hybridized carbons (Fsp3) is 0.409. The second kappa shape index (κ2) is 9.83. The average Bonchev–Trinajstić information content (AvgIpc) is 2.61. The van der Waals surface area contributed by atoms with Crippen LogP contribution in [-0.2, 0) is 11.0 Å². The predicted molar refractivity (Wildman–Crippen MR) is 116 cm³/mol. The fourth-order valence-electron chi connectivity index (χ4n) is 2.73. The Morgan fingerprint density at radius 1 is 1.04 bits per heavy atom. The quantitative estimate of drug-likeness (QED) is 0.662. The van der Waals surface area contributed by atoms with E-state index in [2.05, 4.69) is 44.5 Å². The van der Waals surface area contributed by atoms with Crippen LogP contribution in [0.2, 0.25) is 13.1 Å². The second-order valence-electron chi connectivity index (χ2n) is 8.19. The molecule has 0 saturated carbocycles. The lowest BCUT2D eigenvalue weighted by molar-refractivity contribution is 0.0854. The molecule has 0 bridgehead atoms. The van der Waals surface area contributed by atoms with Crippen molar-refractivity contribution >= 4 is 20.6 Å². The Morgan fingerprint density at radius 3 is 2.22 bits per heavy atom. The third-order valence-corrected chi connectivity index (χ3v) is 5.18. The first-order valence-corrected chi connectivity index (χ1v) is 12.4. The van der Waals surface area contributed by atoms with Crippen LogP contribution >= 0.6 is 0 Å². The van der Waals surface area contributed by atoms with Crippen LogP contribution in [0.3, 0.4) is 0 Å². The van der Waals surface area contributed by atoms with Gasteiger partial charge in [-0.25, -0.2) is 0 Å². The van der Waals surface area contributed by atoms with Crippen LogP contribution in [0.4, 0.5) is 5.69 Å². The van der Waals surface area contributed by atoms with Crippen LogP contribution in [0.25, 0.3) is 0 Å². The van der Waals surface area contributed by atoms with Gasteiger partial charge < -0.3 is 15.1 Å². The summed E-state index contributed by atoms with van der Waals surface area (Å²) in [7, 11) is -1.08. The number of para-hydroxylation sites is 1. The Labute approximate surface area is 165 Å². The molecule has 1 unspecified atom stereocenters. The fourth-order valence-corrected chi connectivity index (χ4v) is 3.89. The van der Waals surface area contributed by atoms with E-state index in [1.807, 2.05) is 54.6 Å². The first-order valence-electron chi connectivity index (χ1n) is 9.57. The smallest absolute Gasteiger partial charge is 0.255 e. The molecule has 0 saturated heterocycles. The minimum Gasteiger partial charge on any atom is -0.416 e. The van der Waals surface area contributed by atoms with Gasteiger partial charge in [0.25, 0.3) is 5.91 Å². The molecule has 0 aliphatic heterocycles. The van der Waals surface area contributed by atoms with Gasteiger partial charge in [0.05, 0.1) is 6.10 Å². The molecule has 0 aliphatic carbocycles. The van der Waals surface area contributed by atoms with E-state index in [4.69, 9.17) is 4.43 Å². The Bertz CT molecular complexity index is 709. The summed E-state index contributed by atoms with van der Waals surface area (Å²) in [6, 6.07) is 17.2. The van der Waals surface area contributed by atoms with Gasteiger partial charge in [-0.05, 0) is 48.3 Å². The van der Waals surface area contributed by atoms with Crippen molar-refractivity contribution in [1.29, 1.82) is 0 Å². The summed E-state index contributed by atoms with van der Waals surface area (Å²) in [5.41, 5.74) is 2.73. The van der Waals surface area contributed by atoms with Crippen molar-refractivity contribution in [3.8, 4) is 0 Å². The Balaban J connectivity index is 1.87. The maximum absolute atomic E-state index is 12.3. The lowest BCUT2D eigenvalue weighted by Gasteiger charge is -2.33. The van der Waals surface area contributed by atoms with Gasteiger partial charge in [0.2, 0.25) is 0 Å². The number of rotatable bonds is 8. The first kappa shape index (κ1) is 21.3. The van der Waals surface area contributed by atoms with Crippen LogP contribution in [0.15, 0.2) is 54.6 Å². The first-order chi connectivity index (χ1) is 12.8. The molecule has 5 heteroatoms. The molecule has 27 heavy (non-hydrogen) atoms. The summed E-state index contributed by atoms with van der Waals surface area (Å²) in [6.45, 7) is 12.7. The van der Waals surface area contributed by atoms with Crippen molar-refractivity contribution in [3.63, 3.8) is 0 Å². The zero-order chi connectivity index (χ0) is 19.9. The second-order valence-corrected chi connectivity index (χ2v) is 10.6. The molecule has 146 valence electrons. The standard InChI is InChI=1S/C22H32N2O2Si/c1-22(2,3)20(26-27(4)5)16-23-15-17-11-13-18(14-12-17)21(25)24-19-9-7-6-8-10-19/h6-14,20,23,27H,15-16H2,1-5H3,(H,24,25). The van der Waals surface area contributed by atoms with E-state index in [0.717, 1.165) is 24.3 Å². The van der Waals surface area contributed by atoms with Crippen LogP contribution in [0.5, 0.6) is 0 Å². The molecule has 2 rings (SSSR count). The Kier molecular flexibility index (Phi) is 7.77. The molecule has 2 aromatic rings. The van der Waals surface area contributed by atoms with Crippen LogP contribution in [0, 0.1) is 5.41 Å². The minimum atomic E-state index is -1.08. The van der Waals surface area contributed by atoms with Crippen molar-refractivity contribution in [2.24, 2.45) is 5.41 Å². The van der Waals surface area contributed by atoms with E-state index >= 15 is 0 Å². The van der Waals surface area contributed by atoms with Crippen LogP contribution in [-0.4, -0.2) is 27.6 Å². The molecule has 4 nitrogen and oxygen atoms in total. The molecular formula is C22H32N2O2Si. The summed E-state index contributed by atoms with van der Waals surface area (Å²) in [5.74, 6) is -0.0937. The van der Waals surface area contributed by atoms with E-state index in [1.165, 1.54) is 0 Å². The van der Waals surface area contributed by atoms with E-state index in [0.29, 0.717) is 5.56 Å². The van der Waals surface area contributed by atoms with Crippen molar-refractivity contribution in [1.82, 2.24) is 5.32 Å². The van der Waals surface area contributed by atoms with Gasteiger partial charge in [-0.1, -0.05) is 51.1 Å². The van der Waals surface area contributed by atoms with E-state index in [-0.39, 0.29) is 17.4 Å². The summed E-state index contributed by atoms with van der Waals surface area (Å²) >= 11 is 0. The lowest BCUT2D eigenvalue weighted by Crippen LogP contribution is -2.41. The lowest BCUT2D eigenvalue weighted by atomic mass is 9.89. The number of nitrogens with one attached hydrogen (secondary N) is 2. The van der Waals surface area contributed by atoms with Crippen LogP contribution in [0.1, 0.15) is 36.7 Å². The summed E-state index contributed by atoms with van der Waals surface area (Å²) in [6.07, 6.45) is 0.208. The normalized spacial score (nSPS) is 12.8. The molecule has 0 fully saturated rings. The summed E-state index contributed by atoms with van der Waals surface area (Å²) in [4.78, 5) is 12.3. The Morgan fingerprint density at radius 2 is 1.67 bits per heavy atom. The molecule has 1 atom stereocenters. The van der Waals surface area contributed by atoms with Crippen molar-refractivity contribution in [2.75, 3.05) is 11.9 Å². The maximum Gasteiger partial charge on any atom is 0.255 e. The van der Waals surface area contributed by atoms with Crippen LogP contribution < -0.4 is 10.6 Å². The summed E-state index contributed by atoms with van der Waals surface area (Å²) in [5, 5.41) is 6.40.